The second kappa shape index (κ2) is 10.9. The number of hydrogen-bond acceptors (Lipinski definition) is 0. The van der Waals surface area contributed by atoms with Crippen LogP contribution in [0.15, 0.2) is 21.6 Å². The molecule has 0 bridgehead atoms. The van der Waals surface area contributed by atoms with Gasteiger partial charge in [-0.3, -0.25) is 0 Å². The molecule has 0 N–H and O–H groups in total. The van der Waals surface area contributed by atoms with Gasteiger partial charge in [0.25, 0.3) is 0 Å². The molecule has 1 aliphatic rings. The van der Waals surface area contributed by atoms with Gasteiger partial charge >= 0.3 is 125 Å². The predicted molar refractivity (Wildman–Crippen MR) is 68.3 cm³/mol. The first-order chi connectivity index (χ1) is 6.26. The molecular formula is C9H13I3Ti-. The predicted octanol–water partition coefficient (Wildman–Crippen LogP) is 1.71. The van der Waals surface area contributed by atoms with Gasteiger partial charge in [0.2, 0.25) is 0 Å². The van der Waals surface area contributed by atoms with Crippen molar-refractivity contribution in [1.29, 1.82) is 0 Å². The van der Waals surface area contributed by atoms with E-state index in [1.165, 1.54) is 25.7 Å². The molecule has 0 fully saturated rings. The minimum atomic E-state index is 0.530. The molecule has 0 aromatic heterocycles. The third-order valence-electron chi connectivity index (χ3n) is 1.83. The van der Waals surface area contributed by atoms with Crippen LogP contribution in [-0.4, -0.2) is 0 Å². The Morgan fingerprint density at radius 1 is 1.54 bits per heavy atom. The average molecular weight is 550 g/mol. The fraction of sp³-hybridized carbons (Fsp3) is 0.556. The van der Waals surface area contributed by atoms with Crippen molar-refractivity contribution >= 4 is 37.2 Å². The zero-order valence-corrected chi connectivity index (χ0v) is 15.7. The Morgan fingerprint density at radius 3 is 2.54 bits per heavy atom. The molecule has 0 amide bonds. The zero-order valence-electron chi connectivity index (χ0n) is 7.62. The van der Waals surface area contributed by atoms with E-state index < -0.39 is 0 Å². The summed E-state index contributed by atoms with van der Waals surface area (Å²) in [7, 11) is 0. The summed E-state index contributed by atoms with van der Waals surface area (Å²) >= 11 is 7.54. The van der Waals surface area contributed by atoms with Gasteiger partial charge in [0, 0.05) is 0 Å². The van der Waals surface area contributed by atoms with Gasteiger partial charge < -0.3 is 0 Å². The van der Waals surface area contributed by atoms with Crippen molar-refractivity contribution in [2.45, 2.75) is 32.6 Å². The van der Waals surface area contributed by atoms with E-state index in [2.05, 4.69) is 76.7 Å². The molecule has 0 saturated carbocycles. The fourth-order valence-corrected chi connectivity index (χ4v) is 1.66. The normalized spacial score (nSPS) is 14.6. The summed E-state index contributed by atoms with van der Waals surface area (Å²) in [6.07, 6.45) is 9.69. The molecule has 0 aromatic rings. The van der Waals surface area contributed by atoms with Crippen LogP contribution < -0.4 is 13.3 Å². The maximum absolute atomic E-state index is 2.39. The van der Waals surface area contributed by atoms with Crippen molar-refractivity contribution in [1.82, 2.24) is 0 Å². The van der Waals surface area contributed by atoms with Gasteiger partial charge in [0.1, 0.15) is 0 Å². The van der Waals surface area contributed by atoms with Gasteiger partial charge in [-0.15, -0.1) is 0 Å². The second-order valence-corrected chi connectivity index (χ2v) is 20.0. The Bertz CT molecular complexity index is 187. The van der Waals surface area contributed by atoms with Crippen LogP contribution in [0.3, 0.4) is 0 Å². The Morgan fingerprint density at radius 2 is 2.15 bits per heavy atom. The molecular weight excluding hydrogens is 537 g/mol. The molecule has 0 spiro atoms. The second-order valence-electron chi connectivity index (χ2n) is 2.77. The molecule has 75 valence electrons. The van der Waals surface area contributed by atoms with E-state index in [1.54, 1.807) is 9.45 Å². The molecule has 13 heavy (non-hydrogen) atoms. The zero-order chi connectivity index (χ0) is 10.1. The van der Waals surface area contributed by atoms with Crippen molar-refractivity contribution < 1.29 is 33.7 Å². The first-order valence-electron chi connectivity index (χ1n) is 4.23. The van der Waals surface area contributed by atoms with E-state index in [-0.39, 0.29) is 0 Å². The molecule has 1 aliphatic carbocycles. The molecule has 0 aliphatic heterocycles. The fourth-order valence-electron chi connectivity index (χ4n) is 1.15. The first-order valence-corrected chi connectivity index (χ1v) is 17.6. The van der Waals surface area contributed by atoms with Gasteiger partial charge in [0.15, 0.2) is 0 Å². The van der Waals surface area contributed by atoms with Gasteiger partial charge in [-0.1, -0.05) is 0 Å². The van der Waals surface area contributed by atoms with Crippen LogP contribution in [0.25, 0.3) is 0 Å². The third-order valence-corrected chi connectivity index (χ3v) is 2.65. The summed E-state index contributed by atoms with van der Waals surface area (Å²) in [6.45, 7) is 2.24. The summed E-state index contributed by atoms with van der Waals surface area (Å²) in [5.74, 6) is 0. The van der Waals surface area contributed by atoms with Crippen LogP contribution in [-0.2, 0) is 20.4 Å². The maximum atomic E-state index is 2.39. The number of hydrogen-bond donors (Lipinski definition) is 0. The van der Waals surface area contributed by atoms with Gasteiger partial charge in [-0.05, 0) is 0 Å². The van der Waals surface area contributed by atoms with E-state index in [9.17, 15) is 0 Å². The number of unbranched alkanes of at least 4 members (excludes halogenated alkanes) is 1. The SMILES string of the molecule is CCCCC1=[C]([Ti])CC=C1.I[I-]I. The molecule has 4 heteroatoms. The van der Waals surface area contributed by atoms with Crippen molar-refractivity contribution in [2.75, 3.05) is 0 Å². The topological polar surface area (TPSA) is 0 Å². The number of allylic oxidation sites excluding steroid dienone is 4. The van der Waals surface area contributed by atoms with Gasteiger partial charge in [-0.25, -0.2) is 0 Å². The Balaban J connectivity index is 0.000000424. The molecule has 0 heterocycles. The van der Waals surface area contributed by atoms with Crippen molar-refractivity contribution in [3.63, 3.8) is 0 Å². The van der Waals surface area contributed by atoms with E-state index in [1.807, 2.05) is 0 Å². The summed E-state index contributed by atoms with van der Waals surface area (Å²) < 4.78 is 1.58. The number of rotatable bonds is 3. The van der Waals surface area contributed by atoms with E-state index >= 15 is 0 Å². The summed E-state index contributed by atoms with van der Waals surface area (Å²) in [4.78, 5) is 0. The van der Waals surface area contributed by atoms with Crippen molar-refractivity contribution in [2.24, 2.45) is 0 Å². The molecule has 0 saturated heterocycles. The molecule has 1 rings (SSSR count). The van der Waals surface area contributed by atoms with E-state index in [0.717, 1.165) is 0 Å². The third kappa shape index (κ3) is 8.22. The van der Waals surface area contributed by atoms with Crippen LogP contribution in [0.2, 0.25) is 0 Å². The minimum absolute atomic E-state index is 0.530. The summed E-state index contributed by atoms with van der Waals surface area (Å²) in [6, 6.07) is 0. The van der Waals surface area contributed by atoms with E-state index in [0.29, 0.717) is 13.3 Å². The van der Waals surface area contributed by atoms with Crippen LogP contribution in [0.4, 0.5) is 0 Å². The Kier molecular flexibility index (Phi) is 12.9. The van der Waals surface area contributed by atoms with Crippen LogP contribution in [0.1, 0.15) is 32.6 Å². The van der Waals surface area contributed by atoms with Crippen molar-refractivity contribution in [3.05, 3.63) is 21.6 Å². The van der Waals surface area contributed by atoms with Crippen LogP contribution >= 0.6 is 37.2 Å². The Labute approximate surface area is 123 Å². The molecule has 0 unspecified atom stereocenters. The standard InChI is InChI=1S/C9H13.I3.Ti/c1-2-3-6-9-7-4-5-8-9;1-3-2;/h4,7H,2-3,5-6H2,1H3;;/q;-1;. The summed E-state index contributed by atoms with van der Waals surface area (Å²) in [5, 5.41) is 0. The quantitative estimate of drug-likeness (QED) is 0.372. The van der Waals surface area contributed by atoms with Crippen LogP contribution in [0.5, 0.6) is 0 Å². The van der Waals surface area contributed by atoms with Crippen LogP contribution in [0, 0.1) is 0 Å². The number of halogens is 3. The van der Waals surface area contributed by atoms with Crippen molar-refractivity contribution in [3.8, 4) is 0 Å². The molecule has 0 aromatic carbocycles. The van der Waals surface area contributed by atoms with E-state index in [4.69, 9.17) is 0 Å². The first kappa shape index (κ1) is 15.4. The average Bonchev–Trinajstić information content (AvgIpc) is 2.49. The molecule has 0 nitrogen and oxygen atoms in total. The summed E-state index contributed by atoms with van der Waals surface area (Å²) in [5.41, 5.74) is 1.59. The van der Waals surface area contributed by atoms with Gasteiger partial charge in [0.05, 0.1) is 0 Å². The Hall–Kier alpha value is 2.38. The molecule has 0 atom stereocenters. The molecule has 0 radical (unpaired) electrons. The van der Waals surface area contributed by atoms with Gasteiger partial charge in [-0.2, -0.15) is 0 Å². The monoisotopic (exact) mass is 550 g/mol.